The number of methoxy groups -OCH3 is 1. The maximum atomic E-state index is 13.1. The van der Waals surface area contributed by atoms with Crippen LogP contribution in [0.2, 0.25) is 0 Å². The number of amides is 3. The van der Waals surface area contributed by atoms with Crippen molar-refractivity contribution in [2.45, 2.75) is 110 Å². The molecule has 7 nitrogen and oxygen atoms in total. The summed E-state index contributed by atoms with van der Waals surface area (Å²) in [5, 5.41) is 0. The van der Waals surface area contributed by atoms with Crippen LogP contribution in [0.4, 0.5) is 10.5 Å². The predicted molar refractivity (Wildman–Crippen MR) is 155 cm³/mol. The molecule has 2 rings (SSSR count). The molecular formula is C31H51N3O4. The number of nitrogens with zero attached hydrogens (tertiary/aromatic N) is 2. The lowest BCUT2D eigenvalue weighted by Gasteiger charge is -2.23. The van der Waals surface area contributed by atoms with Crippen LogP contribution in [-0.2, 0) is 9.59 Å². The second kappa shape index (κ2) is 18.8. The van der Waals surface area contributed by atoms with Crippen molar-refractivity contribution in [1.29, 1.82) is 0 Å². The van der Waals surface area contributed by atoms with E-state index in [1.54, 1.807) is 36.3 Å². The zero-order valence-corrected chi connectivity index (χ0v) is 23.9. The molecule has 1 unspecified atom stereocenters. The molecule has 1 atom stereocenters. The van der Waals surface area contributed by atoms with Crippen molar-refractivity contribution in [3.63, 3.8) is 0 Å². The Labute approximate surface area is 230 Å². The number of hydrogen-bond donors (Lipinski definition) is 1. The predicted octanol–water partition coefficient (Wildman–Crippen LogP) is 6.87. The molecule has 38 heavy (non-hydrogen) atoms. The monoisotopic (exact) mass is 529 g/mol. The summed E-state index contributed by atoms with van der Waals surface area (Å²) < 4.78 is 5.18. The van der Waals surface area contributed by atoms with Crippen molar-refractivity contribution in [1.82, 2.24) is 4.90 Å². The summed E-state index contributed by atoms with van der Waals surface area (Å²) in [6, 6.07) is 6.59. The van der Waals surface area contributed by atoms with Crippen molar-refractivity contribution in [3.8, 4) is 5.75 Å². The zero-order valence-electron chi connectivity index (χ0n) is 23.9. The molecule has 0 radical (unpaired) electrons. The summed E-state index contributed by atoms with van der Waals surface area (Å²) in [5.74, 6) is 0.743. The second-order valence-corrected chi connectivity index (χ2v) is 10.8. The van der Waals surface area contributed by atoms with Crippen molar-refractivity contribution in [2.24, 2.45) is 11.7 Å². The number of unbranched alkanes of at least 4 members (excludes halogenated alkanes) is 11. The third kappa shape index (κ3) is 11.5. The molecule has 1 aromatic carbocycles. The van der Waals surface area contributed by atoms with E-state index in [0.717, 1.165) is 32.1 Å². The molecule has 0 saturated carbocycles. The van der Waals surface area contributed by atoms with Crippen LogP contribution >= 0.6 is 0 Å². The molecule has 7 heteroatoms. The Kier molecular flexibility index (Phi) is 15.7. The Morgan fingerprint density at radius 3 is 2.08 bits per heavy atom. The van der Waals surface area contributed by atoms with Crippen LogP contribution in [-0.4, -0.2) is 49.4 Å². The average molecular weight is 530 g/mol. The number of urea groups is 1. The molecule has 1 aliphatic rings. The number of anilines is 1. The first-order chi connectivity index (χ1) is 18.5. The maximum Gasteiger partial charge on any atom is 0.331 e. The molecular weight excluding hydrogens is 478 g/mol. The van der Waals surface area contributed by atoms with Gasteiger partial charge in [-0.2, -0.15) is 0 Å². The normalized spacial score (nSPS) is 14.4. The van der Waals surface area contributed by atoms with E-state index in [2.05, 4.69) is 6.92 Å². The average Bonchev–Trinajstić information content (AvgIpc) is 3.19. The van der Waals surface area contributed by atoms with E-state index in [1.165, 1.54) is 62.7 Å². The highest BCUT2D eigenvalue weighted by Crippen LogP contribution is 2.26. The smallest absolute Gasteiger partial charge is 0.331 e. The maximum absolute atomic E-state index is 13.1. The lowest BCUT2D eigenvalue weighted by Crippen LogP contribution is -2.36. The summed E-state index contributed by atoms with van der Waals surface area (Å²) in [6.45, 7) is 3.34. The molecule has 3 amide bonds. The Balaban J connectivity index is 1.75. The second-order valence-electron chi connectivity index (χ2n) is 10.8. The molecule has 1 heterocycles. The number of nitrogens with two attached hydrogens (primary N) is 1. The fourth-order valence-corrected chi connectivity index (χ4v) is 5.24. The van der Waals surface area contributed by atoms with Gasteiger partial charge in [0.1, 0.15) is 18.1 Å². The van der Waals surface area contributed by atoms with Crippen LogP contribution < -0.4 is 15.4 Å². The van der Waals surface area contributed by atoms with Gasteiger partial charge < -0.3 is 15.4 Å². The van der Waals surface area contributed by atoms with Gasteiger partial charge in [-0.1, -0.05) is 77.6 Å². The zero-order chi connectivity index (χ0) is 27.6. The van der Waals surface area contributed by atoms with E-state index in [0.29, 0.717) is 37.4 Å². The first-order valence-electron chi connectivity index (χ1n) is 15.0. The third-order valence-corrected chi connectivity index (χ3v) is 7.49. The van der Waals surface area contributed by atoms with Gasteiger partial charge in [-0.25, -0.2) is 9.69 Å². The number of rotatable bonds is 22. The van der Waals surface area contributed by atoms with E-state index in [9.17, 15) is 14.4 Å². The summed E-state index contributed by atoms with van der Waals surface area (Å²) >= 11 is 0. The Hall–Kier alpha value is -2.41. The fourth-order valence-electron chi connectivity index (χ4n) is 5.24. The lowest BCUT2D eigenvalue weighted by molar-refractivity contribution is -0.120. The van der Waals surface area contributed by atoms with Crippen molar-refractivity contribution in [2.75, 3.05) is 31.6 Å². The minimum atomic E-state index is -0.318. The first kappa shape index (κ1) is 31.8. The van der Waals surface area contributed by atoms with Crippen LogP contribution in [0.5, 0.6) is 5.75 Å². The number of imide groups is 1. The highest BCUT2D eigenvalue weighted by Gasteiger charge is 2.38. The van der Waals surface area contributed by atoms with E-state index >= 15 is 0 Å². The number of carbonyl (C=O) groups excluding carboxylic acids is 3. The molecule has 1 saturated heterocycles. The topological polar surface area (TPSA) is 92.9 Å². The molecule has 0 spiro atoms. The van der Waals surface area contributed by atoms with Gasteiger partial charge in [0, 0.05) is 19.4 Å². The van der Waals surface area contributed by atoms with Gasteiger partial charge in [0.05, 0.1) is 12.8 Å². The van der Waals surface area contributed by atoms with Crippen LogP contribution in [0.3, 0.4) is 0 Å². The molecule has 1 fully saturated rings. The molecule has 214 valence electrons. The van der Waals surface area contributed by atoms with Crippen LogP contribution in [0, 0.1) is 5.92 Å². The van der Waals surface area contributed by atoms with E-state index in [-0.39, 0.29) is 30.2 Å². The van der Waals surface area contributed by atoms with Gasteiger partial charge in [0.2, 0.25) is 0 Å². The number of carbonyl (C=O) groups is 3. The summed E-state index contributed by atoms with van der Waals surface area (Å²) in [5.41, 5.74) is 6.22. The first-order valence-corrected chi connectivity index (χ1v) is 15.0. The van der Waals surface area contributed by atoms with Gasteiger partial charge in [0.25, 0.3) is 5.91 Å². The quantitative estimate of drug-likeness (QED) is 0.131. The Morgan fingerprint density at radius 1 is 0.895 bits per heavy atom. The fraction of sp³-hybridized carbons (Fsp3) is 0.710. The van der Waals surface area contributed by atoms with Crippen molar-refractivity contribution in [3.05, 3.63) is 24.3 Å². The molecule has 1 aromatic rings. The summed E-state index contributed by atoms with van der Waals surface area (Å²) in [7, 11) is 1.58. The molecule has 0 aliphatic carbocycles. The molecule has 1 aliphatic heterocycles. The van der Waals surface area contributed by atoms with E-state index in [4.69, 9.17) is 10.5 Å². The van der Waals surface area contributed by atoms with E-state index in [1.807, 2.05) is 0 Å². The highest BCUT2D eigenvalue weighted by atomic mass is 16.5. The van der Waals surface area contributed by atoms with E-state index < -0.39 is 0 Å². The Morgan fingerprint density at radius 2 is 1.50 bits per heavy atom. The lowest BCUT2D eigenvalue weighted by atomic mass is 9.93. The summed E-state index contributed by atoms with van der Waals surface area (Å²) in [6.07, 6.45) is 17.6. The molecule has 0 aromatic heterocycles. The minimum absolute atomic E-state index is 0.0467. The number of benzene rings is 1. The SMILES string of the molecule is CCCCCCCCCCCCCC(=O)CC(CCCCN)CN1CC(=O)N(c2ccc(OC)cc2)C1=O. The number of ether oxygens (including phenoxy) is 1. The van der Waals surface area contributed by atoms with Crippen LogP contribution in [0.25, 0.3) is 0 Å². The van der Waals surface area contributed by atoms with Gasteiger partial charge in [-0.3, -0.25) is 9.59 Å². The van der Waals surface area contributed by atoms with Gasteiger partial charge in [0.15, 0.2) is 0 Å². The number of hydrogen-bond acceptors (Lipinski definition) is 5. The number of ketones is 1. The van der Waals surface area contributed by atoms with Gasteiger partial charge >= 0.3 is 6.03 Å². The van der Waals surface area contributed by atoms with Crippen LogP contribution in [0.1, 0.15) is 110 Å². The largest absolute Gasteiger partial charge is 0.497 e. The summed E-state index contributed by atoms with van der Waals surface area (Å²) in [4.78, 5) is 41.4. The van der Waals surface area contributed by atoms with Gasteiger partial charge in [-0.15, -0.1) is 0 Å². The standard InChI is InChI=1S/C31H51N3O4/c1-3-4-5-6-7-8-9-10-11-12-13-17-28(35)23-26(16-14-15-22-32)24-33-25-30(36)34(31(33)37)27-18-20-29(38-2)21-19-27/h18-21,26H,3-17,22-25,32H2,1-2H3. The van der Waals surface area contributed by atoms with Crippen molar-refractivity contribution >= 4 is 23.4 Å². The highest BCUT2D eigenvalue weighted by molar-refractivity contribution is 6.19. The van der Waals surface area contributed by atoms with Gasteiger partial charge in [-0.05, 0) is 56.0 Å². The molecule has 2 N–H and O–H groups in total. The number of Topliss-reactive ketones (excluding diaryl/α,β-unsaturated/α-hetero) is 1. The Bertz CT molecular complexity index is 827. The molecule has 0 bridgehead atoms. The van der Waals surface area contributed by atoms with Crippen LogP contribution in [0.15, 0.2) is 24.3 Å². The van der Waals surface area contributed by atoms with Crippen molar-refractivity contribution < 1.29 is 19.1 Å². The third-order valence-electron chi connectivity index (χ3n) is 7.49. The minimum Gasteiger partial charge on any atom is -0.497 e.